The van der Waals surface area contributed by atoms with Crippen LogP contribution >= 0.6 is 0 Å². The fraction of sp³-hybridized carbons (Fsp3) is 0.500. The number of halogens is 4. The number of rotatable bonds is 5. The molecule has 1 amide bonds. The molecule has 4 rings (SSSR count). The quantitative estimate of drug-likeness (QED) is 0.492. The maximum Gasteiger partial charge on any atom is 0.419 e. The summed E-state index contributed by atoms with van der Waals surface area (Å²) in [5.41, 5.74) is 6.62. The molecule has 0 radical (unpaired) electrons. The number of nitrogens with zero attached hydrogens (tertiary/aromatic N) is 3. The average Bonchev–Trinajstić information content (AvgIpc) is 3.35. The molecule has 1 aromatic carbocycles. The van der Waals surface area contributed by atoms with E-state index in [1.165, 1.54) is 0 Å². The molecule has 0 saturated heterocycles. The third kappa shape index (κ3) is 4.88. The van der Waals surface area contributed by atoms with E-state index in [9.17, 15) is 22.4 Å². The Labute approximate surface area is 190 Å². The first kappa shape index (κ1) is 23.6. The number of benzene rings is 1. The Morgan fingerprint density at radius 1 is 1.27 bits per heavy atom. The van der Waals surface area contributed by atoms with Crippen molar-refractivity contribution in [1.82, 2.24) is 15.0 Å². The van der Waals surface area contributed by atoms with Crippen LogP contribution in [0.15, 0.2) is 30.0 Å². The Bertz CT molecular complexity index is 1090. The number of carbonyl (C=O) groups excluding carboxylic acids is 1. The van der Waals surface area contributed by atoms with Crippen molar-refractivity contribution in [2.75, 3.05) is 5.32 Å². The molecule has 0 spiro atoms. The lowest BCUT2D eigenvalue weighted by Gasteiger charge is -2.26. The molecule has 0 unspecified atom stereocenters. The van der Waals surface area contributed by atoms with Crippen LogP contribution in [0.5, 0.6) is 0 Å². The van der Waals surface area contributed by atoms with E-state index in [0.29, 0.717) is 17.8 Å². The zero-order valence-electron chi connectivity index (χ0n) is 18.7. The van der Waals surface area contributed by atoms with Crippen LogP contribution in [0.25, 0.3) is 6.08 Å². The van der Waals surface area contributed by atoms with Gasteiger partial charge < -0.3 is 11.1 Å². The van der Waals surface area contributed by atoms with Crippen molar-refractivity contribution in [2.45, 2.75) is 50.9 Å². The first-order valence-corrected chi connectivity index (χ1v) is 14.6. The van der Waals surface area contributed by atoms with Crippen LogP contribution in [-0.4, -0.2) is 35.0 Å². The van der Waals surface area contributed by atoms with Crippen molar-refractivity contribution < 1.29 is 22.4 Å². The second-order valence-electron chi connectivity index (χ2n) is 10.1. The second-order valence-corrected chi connectivity index (χ2v) is 15.6. The summed E-state index contributed by atoms with van der Waals surface area (Å²) in [5, 5.41) is 11.0. The van der Waals surface area contributed by atoms with Gasteiger partial charge in [0.2, 0.25) is 5.91 Å². The van der Waals surface area contributed by atoms with Crippen molar-refractivity contribution in [3.63, 3.8) is 0 Å². The van der Waals surface area contributed by atoms with Gasteiger partial charge in [-0.15, -0.1) is 5.10 Å². The Morgan fingerprint density at radius 3 is 2.64 bits per heavy atom. The van der Waals surface area contributed by atoms with Crippen LogP contribution in [0, 0.1) is 23.6 Å². The Morgan fingerprint density at radius 2 is 1.97 bits per heavy atom. The van der Waals surface area contributed by atoms with Crippen LogP contribution in [0.1, 0.15) is 24.1 Å². The molecular formula is C22H27F4N5OSi. The van der Waals surface area contributed by atoms with Gasteiger partial charge in [-0.05, 0) is 49.0 Å². The van der Waals surface area contributed by atoms with Gasteiger partial charge in [0.15, 0.2) is 0 Å². The Hall–Kier alpha value is -2.53. The summed E-state index contributed by atoms with van der Waals surface area (Å²) in [6.07, 6.45) is 1.44. The van der Waals surface area contributed by atoms with Gasteiger partial charge in [0, 0.05) is 17.9 Å². The molecule has 178 valence electrons. The minimum absolute atomic E-state index is 0.00634. The topological polar surface area (TPSA) is 85.8 Å². The zero-order valence-corrected chi connectivity index (χ0v) is 19.7. The molecule has 33 heavy (non-hydrogen) atoms. The number of fused-ring (bicyclic) bond motifs is 2. The average molecular weight is 482 g/mol. The molecule has 2 aliphatic rings. The number of aromatic nitrogens is 3. The second kappa shape index (κ2) is 8.35. The molecule has 2 aliphatic carbocycles. The lowest BCUT2D eigenvalue weighted by molar-refractivity contribution is -0.140. The SMILES string of the molecule is C[Si](C)(C)Cn1cc(/C=C2\[C@H]3CC[C@@H]2[C@H](C(=O)Nc2ccc(F)c(C(F)(F)F)c2)[C@@H]3N)nn1. The van der Waals surface area contributed by atoms with Gasteiger partial charge in [0.05, 0.1) is 25.8 Å². The molecule has 2 aromatic rings. The first-order valence-electron chi connectivity index (χ1n) is 10.9. The zero-order chi connectivity index (χ0) is 24.1. The Kier molecular flexibility index (Phi) is 5.98. The van der Waals surface area contributed by atoms with Crippen LogP contribution in [-0.2, 0) is 17.1 Å². The number of hydrogen-bond acceptors (Lipinski definition) is 4. The fourth-order valence-corrected chi connectivity index (χ4v) is 6.15. The highest BCUT2D eigenvalue weighted by Gasteiger charge is 2.52. The maximum atomic E-state index is 13.6. The maximum absolute atomic E-state index is 13.6. The highest BCUT2D eigenvalue weighted by atomic mass is 28.3. The van der Waals surface area contributed by atoms with Gasteiger partial charge in [-0.2, -0.15) is 13.2 Å². The van der Waals surface area contributed by atoms with E-state index < -0.39 is 43.5 Å². The molecule has 2 saturated carbocycles. The highest BCUT2D eigenvalue weighted by Crippen LogP contribution is 2.52. The molecule has 2 fully saturated rings. The molecule has 2 bridgehead atoms. The van der Waals surface area contributed by atoms with Gasteiger partial charge in [-0.3, -0.25) is 9.48 Å². The van der Waals surface area contributed by atoms with E-state index >= 15 is 0 Å². The molecule has 6 nitrogen and oxygen atoms in total. The van der Waals surface area contributed by atoms with Crippen molar-refractivity contribution in [1.29, 1.82) is 0 Å². The molecule has 11 heteroatoms. The smallest absolute Gasteiger partial charge is 0.326 e. The monoisotopic (exact) mass is 481 g/mol. The number of anilines is 1. The first-order chi connectivity index (χ1) is 15.3. The van der Waals surface area contributed by atoms with Crippen LogP contribution in [0.3, 0.4) is 0 Å². The predicted octanol–water partition coefficient (Wildman–Crippen LogP) is 4.32. The summed E-state index contributed by atoms with van der Waals surface area (Å²) in [7, 11) is -1.36. The lowest BCUT2D eigenvalue weighted by atomic mass is 9.84. The summed E-state index contributed by atoms with van der Waals surface area (Å²) in [6.45, 7) is 6.72. The minimum atomic E-state index is -4.85. The van der Waals surface area contributed by atoms with E-state index in [0.717, 1.165) is 30.6 Å². The minimum Gasteiger partial charge on any atom is -0.326 e. The number of alkyl halides is 3. The molecule has 1 heterocycles. The highest BCUT2D eigenvalue weighted by molar-refractivity contribution is 6.74. The molecular weight excluding hydrogens is 454 g/mol. The molecule has 1 aromatic heterocycles. The summed E-state index contributed by atoms with van der Waals surface area (Å²) >= 11 is 0. The number of amides is 1. The predicted molar refractivity (Wildman–Crippen MR) is 119 cm³/mol. The Balaban J connectivity index is 1.53. The van der Waals surface area contributed by atoms with Crippen LogP contribution < -0.4 is 11.1 Å². The van der Waals surface area contributed by atoms with Crippen molar-refractivity contribution >= 4 is 25.7 Å². The van der Waals surface area contributed by atoms with Gasteiger partial charge in [0.1, 0.15) is 11.5 Å². The van der Waals surface area contributed by atoms with Gasteiger partial charge in [0.25, 0.3) is 0 Å². The number of hydrogen-bond donors (Lipinski definition) is 2. The summed E-state index contributed by atoms with van der Waals surface area (Å²) in [6, 6.07) is 1.98. The van der Waals surface area contributed by atoms with Gasteiger partial charge >= 0.3 is 6.18 Å². The van der Waals surface area contributed by atoms with E-state index in [4.69, 9.17) is 5.73 Å². The molecule has 3 N–H and O–H groups in total. The largest absolute Gasteiger partial charge is 0.419 e. The van der Waals surface area contributed by atoms with Gasteiger partial charge in [-0.1, -0.05) is 30.4 Å². The fourth-order valence-electron chi connectivity index (χ4n) is 5.02. The molecule has 4 atom stereocenters. The number of nitrogens with one attached hydrogen (secondary N) is 1. The third-order valence-corrected chi connectivity index (χ3v) is 7.58. The third-order valence-electron chi connectivity index (χ3n) is 6.31. The lowest BCUT2D eigenvalue weighted by Crippen LogP contribution is -2.42. The molecule has 0 aliphatic heterocycles. The standard InChI is InChI=1S/C22H27F4N5OSi/c1-33(2,3)11-31-10-13(29-30-31)8-16-14-5-6-15(16)20(27)19(14)21(32)28-12-4-7-18(23)17(9-12)22(24,25)26/h4,7-10,14-15,19-20H,5-6,11,27H2,1-3H3,(H,28,32)/b16-8-/t14-,15+,19-,20+/m0/s1. The van der Waals surface area contributed by atoms with E-state index in [2.05, 4.69) is 35.3 Å². The normalized spacial score (nSPS) is 26.2. The van der Waals surface area contributed by atoms with Crippen LogP contribution in [0.4, 0.5) is 23.2 Å². The summed E-state index contributed by atoms with van der Waals surface area (Å²) < 4.78 is 54.4. The number of carbonyl (C=O) groups is 1. The van der Waals surface area contributed by atoms with Crippen molar-refractivity contribution in [3.8, 4) is 0 Å². The van der Waals surface area contributed by atoms with E-state index in [1.54, 1.807) is 0 Å². The summed E-state index contributed by atoms with van der Waals surface area (Å²) in [5.74, 6) is -2.53. The van der Waals surface area contributed by atoms with Crippen molar-refractivity contribution in [2.24, 2.45) is 23.5 Å². The van der Waals surface area contributed by atoms with Crippen molar-refractivity contribution in [3.05, 3.63) is 47.0 Å². The number of nitrogens with two attached hydrogens (primary N) is 1. The van der Waals surface area contributed by atoms with Crippen LogP contribution in [0.2, 0.25) is 19.6 Å². The van der Waals surface area contributed by atoms with E-state index in [1.807, 2.05) is 17.0 Å². The van der Waals surface area contributed by atoms with E-state index in [-0.39, 0.29) is 17.5 Å². The summed E-state index contributed by atoms with van der Waals surface area (Å²) in [4.78, 5) is 13.0. The van der Waals surface area contributed by atoms with Gasteiger partial charge in [-0.25, -0.2) is 4.39 Å².